The predicted octanol–water partition coefficient (Wildman–Crippen LogP) is 3.07. The SMILES string of the molecule is C=C([c-]1cccc1)N1CCNCC1C.[Fe].[cH-]1[cH-][cH-][cH-][cH-]1. The number of piperazine rings is 1. The summed E-state index contributed by atoms with van der Waals surface area (Å²) in [6, 6.07) is 18.9. The van der Waals surface area contributed by atoms with Gasteiger partial charge < -0.3 is 40.5 Å². The number of nitrogens with zero attached hydrogens (tertiary/aromatic N) is 1. The molecule has 3 rings (SSSR count). The van der Waals surface area contributed by atoms with Gasteiger partial charge in [-0.05, 0) is 12.6 Å². The van der Waals surface area contributed by atoms with Gasteiger partial charge in [0.25, 0.3) is 0 Å². The molecule has 2 aromatic carbocycles. The van der Waals surface area contributed by atoms with E-state index < -0.39 is 0 Å². The Labute approximate surface area is 132 Å². The summed E-state index contributed by atoms with van der Waals surface area (Å²) in [5, 5.41) is 3.38. The molecule has 0 aromatic heterocycles. The molecule has 0 saturated carbocycles. The van der Waals surface area contributed by atoms with Crippen molar-refractivity contribution in [3.63, 3.8) is 0 Å². The van der Waals surface area contributed by atoms with Crippen LogP contribution >= 0.6 is 0 Å². The quantitative estimate of drug-likeness (QED) is 0.677. The van der Waals surface area contributed by atoms with Crippen LogP contribution in [0.15, 0.2) is 61.2 Å². The van der Waals surface area contributed by atoms with Gasteiger partial charge >= 0.3 is 0 Å². The van der Waals surface area contributed by atoms with Crippen molar-refractivity contribution in [2.75, 3.05) is 19.6 Å². The first-order chi connectivity index (χ1) is 9.29. The topological polar surface area (TPSA) is 15.3 Å². The fourth-order valence-electron chi connectivity index (χ4n) is 2.29. The van der Waals surface area contributed by atoms with Crippen molar-refractivity contribution in [1.82, 2.24) is 10.2 Å². The summed E-state index contributed by atoms with van der Waals surface area (Å²) in [6.45, 7) is 9.58. The van der Waals surface area contributed by atoms with Crippen molar-refractivity contribution in [1.29, 1.82) is 0 Å². The first-order valence-electron chi connectivity index (χ1n) is 6.84. The van der Waals surface area contributed by atoms with Crippen molar-refractivity contribution in [3.8, 4) is 0 Å². The second kappa shape index (κ2) is 8.80. The van der Waals surface area contributed by atoms with Crippen molar-refractivity contribution >= 4 is 5.70 Å². The maximum atomic E-state index is 4.17. The Morgan fingerprint density at radius 2 is 1.75 bits per heavy atom. The maximum Gasteiger partial charge on any atom is 0.0371 e. The van der Waals surface area contributed by atoms with Gasteiger partial charge in [0, 0.05) is 42.7 Å². The normalized spacial score (nSPS) is 17.6. The van der Waals surface area contributed by atoms with Gasteiger partial charge in [-0.15, -0.1) is 18.7 Å². The third kappa shape index (κ3) is 4.68. The average molecular weight is 310 g/mol. The Balaban J connectivity index is 0.000000283. The van der Waals surface area contributed by atoms with E-state index in [4.69, 9.17) is 0 Å². The molecule has 2 aromatic rings. The smallest absolute Gasteiger partial charge is 0.0371 e. The fourth-order valence-corrected chi connectivity index (χ4v) is 2.29. The van der Waals surface area contributed by atoms with Crippen molar-refractivity contribution in [2.24, 2.45) is 0 Å². The Bertz CT molecular complexity index is 442. The molecule has 0 radical (unpaired) electrons. The summed E-state index contributed by atoms with van der Waals surface area (Å²) >= 11 is 0. The summed E-state index contributed by atoms with van der Waals surface area (Å²) in [5.74, 6) is 0. The molecule has 1 aliphatic heterocycles. The molecule has 2 nitrogen and oxygen atoms in total. The van der Waals surface area contributed by atoms with Crippen LogP contribution in [0.2, 0.25) is 0 Å². The van der Waals surface area contributed by atoms with E-state index >= 15 is 0 Å². The zero-order valence-corrected chi connectivity index (χ0v) is 13.0. The number of hydrogen-bond donors (Lipinski definition) is 1. The van der Waals surface area contributed by atoms with Crippen LogP contribution < -0.4 is 5.32 Å². The van der Waals surface area contributed by atoms with Crippen LogP contribution in [0, 0.1) is 0 Å². The van der Waals surface area contributed by atoms with Gasteiger partial charge in [0.05, 0.1) is 0 Å². The van der Waals surface area contributed by atoms with Gasteiger partial charge in [-0.1, -0.05) is 5.56 Å². The van der Waals surface area contributed by atoms with Crippen molar-refractivity contribution < 1.29 is 17.1 Å². The molecule has 0 bridgehead atoms. The minimum atomic E-state index is 0. The first kappa shape index (κ1) is 16.8. The number of hydrogen-bond acceptors (Lipinski definition) is 2. The van der Waals surface area contributed by atoms with E-state index in [1.54, 1.807) is 0 Å². The number of nitrogens with one attached hydrogen (secondary N) is 1. The largest absolute Gasteiger partial charge is 0.748 e. The third-order valence-corrected chi connectivity index (χ3v) is 3.40. The van der Waals surface area contributed by atoms with Crippen LogP contribution in [0.1, 0.15) is 12.5 Å². The van der Waals surface area contributed by atoms with Gasteiger partial charge in [-0.25, -0.2) is 0 Å². The van der Waals surface area contributed by atoms with E-state index in [-0.39, 0.29) is 17.1 Å². The Morgan fingerprint density at radius 3 is 2.25 bits per heavy atom. The van der Waals surface area contributed by atoms with E-state index in [2.05, 4.69) is 48.0 Å². The van der Waals surface area contributed by atoms with E-state index in [0.29, 0.717) is 6.04 Å². The molecule has 1 aliphatic rings. The third-order valence-electron chi connectivity index (χ3n) is 3.40. The molecular formula is C17H22FeN2-6. The van der Waals surface area contributed by atoms with E-state index in [0.717, 1.165) is 25.3 Å². The molecular weight excluding hydrogens is 288 g/mol. The zero-order valence-electron chi connectivity index (χ0n) is 11.9. The van der Waals surface area contributed by atoms with E-state index in [9.17, 15) is 0 Å². The molecule has 1 atom stereocenters. The molecule has 3 heteroatoms. The minimum Gasteiger partial charge on any atom is -0.748 e. The summed E-state index contributed by atoms with van der Waals surface area (Å²) in [6.07, 6.45) is 0. The van der Waals surface area contributed by atoms with E-state index in [1.165, 1.54) is 5.56 Å². The van der Waals surface area contributed by atoms with Gasteiger partial charge in [-0.3, -0.25) is 0 Å². The van der Waals surface area contributed by atoms with Crippen LogP contribution in [-0.2, 0) is 17.1 Å². The summed E-state index contributed by atoms with van der Waals surface area (Å²) in [7, 11) is 0. The van der Waals surface area contributed by atoms with Gasteiger partial charge in [0.1, 0.15) is 0 Å². The molecule has 114 valence electrons. The standard InChI is InChI=1S/C12H17N2.C5H5.Fe/c1-10-9-13-7-8-14(10)11(2)12-5-3-4-6-12;1-2-4-5-3-1;/h3-6,10,13H,2,7-9H2,1H3;1-5H;/q-1;-5;. The Morgan fingerprint density at radius 1 is 1.20 bits per heavy atom. The predicted molar refractivity (Wildman–Crippen MR) is 82.1 cm³/mol. The first-order valence-corrected chi connectivity index (χ1v) is 6.84. The summed E-state index contributed by atoms with van der Waals surface area (Å²) in [4.78, 5) is 2.38. The van der Waals surface area contributed by atoms with Crippen molar-refractivity contribution in [3.05, 3.63) is 66.7 Å². The van der Waals surface area contributed by atoms with Crippen LogP contribution in [0.25, 0.3) is 5.70 Å². The van der Waals surface area contributed by atoms with Gasteiger partial charge in [-0.2, -0.15) is 12.1 Å². The molecule has 1 unspecified atom stereocenters. The zero-order chi connectivity index (χ0) is 13.5. The van der Waals surface area contributed by atoms with Gasteiger partial charge in [0.15, 0.2) is 0 Å². The van der Waals surface area contributed by atoms with Crippen LogP contribution in [0.5, 0.6) is 0 Å². The Kier molecular flexibility index (Phi) is 7.38. The van der Waals surface area contributed by atoms with E-state index in [1.807, 2.05) is 30.3 Å². The van der Waals surface area contributed by atoms with Crippen molar-refractivity contribution in [2.45, 2.75) is 13.0 Å². The molecule has 0 amide bonds. The molecule has 20 heavy (non-hydrogen) atoms. The average Bonchev–Trinajstić information content (AvgIpc) is 3.14. The Hall–Kier alpha value is -1.28. The van der Waals surface area contributed by atoms with Crippen LogP contribution in [-0.4, -0.2) is 30.6 Å². The molecule has 1 N–H and O–H groups in total. The second-order valence-corrected chi connectivity index (χ2v) is 4.83. The summed E-state index contributed by atoms with van der Waals surface area (Å²) in [5.41, 5.74) is 2.41. The van der Waals surface area contributed by atoms with Crippen LogP contribution in [0.3, 0.4) is 0 Å². The minimum absolute atomic E-state index is 0. The fraction of sp³-hybridized carbons (Fsp3) is 0.294. The molecule has 1 saturated heterocycles. The number of rotatable bonds is 2. The second-order valence-electron chi connectivity index (χ2n) is 4.83. The monoisotopic (exact) mass is 310 g/mol. The maximum absolute atomic E-state index is 4.17. The molecule has 1 heterocycles. The molecule has 0 spiro atoms. The molecule has 1 fully saturated rings. The summed E-state index contributed by atoms with van der Waals surface area (Å²) < 4.78 is 0. The molecule has 0 aliphatic carbocycles. The van der Waals surface area contributed by atoms with Gasteiger partial charge in [0.2, 0.25) is 0 Å². The van der Waals surface area contributed by atoms with Crippen LogP contribution in [0.4, 0.5) is 0 Å².